The molecule has 74 valence electrons. The number of nitrogens with one attached hydrogen (secondary N) is 1. The molecule has 6 heteroatoms. The molecular formula is C8H10N4S2. The van der Waals surface area contributed by atoms with Crippen LogP contribution in [0.3, 0.4) is 0 Å². The minimum Gasteiger partial charge on any atom is -0.329 e. The van der Waals surface area contributed by atoms with Crippen molar-refractivity contribution in [2.75, 3.05) is 6.54 Å². The van der Waals surface area contributed by atoms with Gasteiger partial charge in [-0.15, -0.1) is 0 Å². The van der Waals surface area contributed by atoms with Crippen molar-refractivity contribution >= 4 is 23.1 Å². The largest absolute Gasteiger partial charge is 0.329 e. The molecule has 0 saturated heterocycles. The number of rotatable bonds is 4. The van der Waals surface area contributed by atoms with Crippen LogP contribution in [-0.2, 0) is 0 Å². The smallest absolute Gasteiger partial charge is 0.184 e. The maximum absolute atomic E-state index is 5.70. The van der Waals surface area contributed by atoms with E-state index in [9.17, 15) is 0 Å². The first kappa shape index (κ1) is 9.70. The van der Waals surface area contributed by atoms with Crippen LogP contribution in [0.2, 0.25) is 0 Å². The van der Waals surface area contributed by atoms with Crippen molar-refractivity contribution in [3.8, 4) is 0 Å². The molecule has 1 unspecified atom stereocenters. The van der Waals surface area contributed by atoms with Crippen molar-refractivity contribution in [3.63, 3.8) is 0 Å². The van der Waals surface area contributed by atoms with Crippen LogP contribution in [0.4, 0.5) is 0 Å². The fraction of sp³-hybridized carbons (Fsp3) is 0.250. The van der Waals surface area contributed by atoms with Crippen LogP contribution in [0, 0.1) is 0 Å². The predicted octanol–water partition coefficient (Wildman–Crippen LogP) is 1.66. The van der Waals surface area contributed by atoms with Crippen molar-refractivity contribution in [2.45, 2.75) is 10.4 Å². The van der Waals surface area contributed by atoms with Gasteiger partial charge in [0, 0.05) is 6.54 Å². The van der Waals surface area contributed by atoms with Gasteiger partial charge >= 0.3 is 0 Å². The molecule has 4 nitrogen and oxygen atoms in total. The van der Waals surface area contributed by atoms with Crippen LogP contribution in [0.1, 0.15) is 10.8 Å². The molecule has 3 N–H and O–H groups in total. The maximum atomic E-state index is 5.70. The van der Waals surface area contributed by atoms with Crippen LogP contribution in [0.25, 0.3) is 0 Å². The van der Waals surface area contributed by atoms with E-state index in [4.69, 9.17) is 5.73 Å². The molecule has 0 aliphatic carbocycles. The number of H-pyrrole nitrogens is 1. The molecule has 0 saturated carbocycles. The number of hydrogen-bond acceptors (Lipinski definition) is 5. The Morgan fingerprint density at radius 2 is 2.57 bits per heavy atom. The van der Waals surface area contributed by atoms with E-state index in [2.05, 4.69) is 32.0 Å². The topological polar surface area (TPSA) is 67.6 Å². The standard InChI is InChI=1S/C8H10N4S2/c9-3-7(6-1-2-13-4-6)14-8-10-5-11-12-8/h1-2,4-5,7H,3,9H2,(H,10,11,12). The Morgan fingerprint density at radius 3 is 3.14 bits per heavy atom. The fourth-order valence-electron chi connectivity index (χ4n) is 1.10. The zero-order valence-corrected chi connectivity index (χ0v) is 9.02. The summed E-state index contributed by atoms with van der Waals surface area (Å²) in [6.07, 6.45) is 1.50. The molecule has 2 rings (SSSR count). The lowest BCUT2D eigenvalue weighted by Gasteiger charge is -2.09. The molecule has 14 heavy (non-hydrogen) atoms. The van der Waals surface area contributed by atoms with Crippen LogP contribution in [0.15, 0.2) is 28.3 Å². The van der Waals surface area contributed by atoms with Gasteiger partial charge in [0.15, 0.2) is 5.16 Å². The third kappa shape index (κ3) is 2.14. The first-order valence-electron chi connectivity index (χ1n) is 4.14. The summed E-state index contributed by atoms with van der Waals surface area (Å²) in [5.41, 5.74) is 6.95. The lowest BCUT2D eigenvalue weighted by atomic mass is 10.2. The lowest BCUT2D eigenvalue weighted by Crippen LogP contribution is -2.08. The monoisotopic (exact) mass is 226 g/mol. The number of aromatic amines is 1. The van der Waals surface area contributed by atoms with Crippen molar-refractivity contribution in [1.82, 2.24) is 15.2 Å². The Kier molecular flexibility index (Phi) is 3.18. The second kappa shape index (κ2) is 4.59. The molecule has 0 fully saturated rings. The summed E-state index contributed by atoms with van der Waals surface area (Å²) in [6, 6.07) is 2.09. The van der Waals surface area contributed by atoms with Crippen molar-refractivity contribution in [2.24, 2.45) is 5.73 Å². The van der Waals surface area contributed by atoms with Gasteiger partial charge in [0.05, 0.1) is 5.25 Å². The van der Waals surface area contributed by atoms with E-state index in [0.29, 0.717) is 6.54 Å². The zero-order valence-electron chi connectivity index (χ0n) is 7.38. The van der Waals surface area contributed by atoms with E-state index in [1.807, 2.05) is 0 Å². The quantitative estimate of drug-likeness (QED) is 0.778. The molecule has 0 amide bonds. The Morgan fingerprint density at radius 1 is 1.64 bits per heavy atom. The van der Waals surface area contributed by atoms with Gasteiger partial charge < -0.3 is 5.73 Å². The van der Waals surface area contributed by atoms with Gasteiger partial charge in [0.25, 0.3) is 0 Å². The third-order valence-electron chi connectivity index (χ3n) is 1.78. The highest BCUT2D eigenvalue weighted by Gasteiger charge is 2.12. The molecule has 2 aromatic heterocycles. The Balaban J connectivity index is 2.08. The highest BCUT2D eigenvalue weighted by Crippen LogP contribution is 2.32. The van der Waals surface area contributed by atoms with Gasteiger partial charge in [-0.2, -0.15) is 16.4 Å². The summed E-state index contributed by atoms with van der Waals surface area (Å²) in [5, 5.41) is 11.8. The second-order valence-electron chi connectivity index (χ2n) is 2.69. The number of thioether (sulfide) groups is 1. The van der Waals surface area contributed by atoms with Crippen LogP contribution in [-0.4, -0.2) is 21.7 Å². The molecule has 0 radical (unpaired) electrons. The molecular weight excluding hydrogens is 216 g/mol. The lowest BCUT2D eigenvalue weighted by molar-refractivity contribution is 0.917. The number of thiophene rings is 1. The summed E-state index contributed by atoms with van der Waals surface area (Å²) in [7, 11) is 0. The fourth-order valence-corrected chi connectivity index (χ4v) is 2.76. The summed E-state index contributed by atoms with van der Waals surface area (Å²) < 4.78 is 0. The highest BCUT2D eigenvalue weighted by atomic mass is 32.2. The average molecular weight is 226 g/mol. The zero-order chi connectivity index (χ0) is 9.80. The molecule has 0 spiro atoms. The number of nitrogens with two attached hydrogens (primary N) is 1. The van der Waals surface area contributed by atoms with Crippen molar-refractivity contribution in [3.05, 3.63) is 28.7 Å². The summed E-state index contributed by atoms with van der Waals surface area (Å²) in [6.45, 7) is 0.599. The predicted molar refractivity (Wildman–Crippen MR) is 58.4 cm³/mol. The summed E-state index contributed by atoms with van der Waals surface area (Å²) >= 11 is 3.29. The van der Waals surface area contributed by atoms with E-state index in [0.717, 1.165) is 5.16 Å². The SMILES string of the molecule is NCC(Sc1ncn[nH]1)c1ccsc1. The van der Waals surface area contributed by atoms with Crippen LogP contribution in [0.5, 0.6) is 0 Å². The van der Waals surface area contributed by atoms with Gasteiger partial charge in [-0.3, -0.25) is 5.10 Å². The summed E-state index contributed by atoms with van der Waals surface area (Å²) in [4.78, 5) is 4.06. The molecule has 0 aromatic carbocycles. The molecule has 0 aliphatic heterocycles. The van der Waals surface area contributed by atoms with Gasteiger partial charge in [-0.25, -0.2) is 4.98 Å². The molecule has 0 aliphatic rings. The first-order chi connectivity index (χ1) is 6.90. The van der Waals surface area contributed by atoms with Crippen LogP contribution >= 0.6 is 23.1 Å². The van der Waals surface area contributed by atoms with Gasteiger partial charge in [0.2, 0.25) is 0 Å². The number of aromatic nitrogens is 3. The molecule has 1 atom stereocenters. The number of nitrogens with zero attached hydrogens (tertiary/aromatic N) is 2. The maximum Gasteiger partial charge on any atom is 0.184 e. The normalized spacial score (nSPS) is 12.9. The minimum absolute atomic E-state index is 0.259. The molecule has 2 heterocycles. The van der Waals surface area contributed by atoms with Crippen molar-refractivity contribution in [1.29, 1.82) is 0 Å². The van der Waals surface area contributed by atoms with Gasteiger partial charge in [-0.1, -0.05) is 11.8 Å². The number of hydrogen-bond donors (Lipinski definition) is 2. The Labute approximate surface area is 89.9 Å². The molecule has 0 bridgehead atoms. The third-order valence-corrected chi connectivity index (χ3v) is 3.65. The highest BCUT2D eigenvalue weighted by molar-refractivity contribution is 7.99. The minimum atomic E-state index is 0.259. The van der Waals surface area contributed by atoms with Gasteiger partial charge in [0.1, 0.15) is 6.33 Å². The Hall–Kier alpha value is -0.850. The van der Waals surface area contributed by atoms with Crippen molar-refractivity contribution < 1.29 is 0 Å². The van der Waals surface area contributed by atoms with Gasteiger partial charge in [-0.05, 0) is 22.4 Å². The van der Waals surface area contributed by atoms with E-state index in [1.54, 1.807) is 23.1 Å². The Bertz CT molecular complexity index is 357. The first-order valence-corrected chi connectivity index (χ1v) is 5.96. The molecule has 2 aromatic rings. The van der Waals surface area contributed by atoms with E-state index in [-0.39, 0.29) is 5.25 Å². The summed E-state index contributed by atoms with van der Waals surface area (Å²) in [5.74, 6) is 0. The average Bonchev–Trinajstić information content (AvgIpc) is 2.86. The second-order valence-corrected chi connectivity index (χ2v) is 4.66. The van der Waals surface area contributed by atoms with E-state index >= 15 is 0 Å². The van der Waals surface area contributed by atoms with Crippen LogP contribution < -0.4 is 5.73 Å². The van der Waals surface area contributed by atoms with E-state index < -0.39 is 0 Å². The van der Waals surface area contributed by atoms with E-state index in [1.165, 1.54) is 11.9 Å².